The Morgan fingerprint density at radius 2 is 1.89 bits per heavy atom. The van der Waals surface area contributed by atoms with Crippen LogP contribution in [0, 0.1) is 11.6 Å². The molecule has 1 atom stereocenters. The number of thiocarbonyl (C=S) groups is 1. The van der Waals surface area contributed by atoms with Crippen molar-refractivity contribution in [2.75, 3.05) is 33.3 Å². The van der Waals surface area contributed by atoms with Gasteiger partial charge >= 0.3 is 5.97 Å². The minimum atomic E-state index is -1.04. The Kier molecular flexibility index (Phi) is 7.26. The summed E-state index contributed by atoms with van der Waals surface area (Å²) in [6, 6.07) is 2.55. The number of allylic oxidation sites excluding steroid dienone is 1. The van der Waals surface area contributed by atoms with E-state index in [2.05, 4.69) is 19.2 Å². The normalized spacial score (nSPS) is 17.4. The average molecular weight is 398 g/mol. The first-order chi connectivity index (χ1) is 12.8. The fourth-order valence-corrected chi connectivity index (χ4v) is 3.65. The van der Waals surface area contributed by atoms with Crippen LogP contribution in [0.2, 0.25) is 0 Å². The largest absolute Gasteiger partial charge is 0.466 e. The molecule has 0 unspecified atom stereocenters. The number of benzene rings is 1. The maximum absolute atomic E-state index is 14.4. The van der Waals surface area contributed by atoms with E-state index in [1.807, 2.05) is 0 Å². The quantitative estimate of drug-likeness (QED) is 0.539. The summed E-state index contributed by atoms with van der Waals surface area (Å²) >= 11 is 5.44. The molecule has 1 aliphatic heterocycles. The first-order valence-corrected chi connectivity index (χ1v) is 9.41. The van der Waals surface area contributed by atoms with Crippen LogP contribution in [0.4, 0.5) is 8.78 Å². The van der Waals surface area contributed by atoms with Crippen LogP contribution in [-0.4, -0.2) is 49.3 Å². The third-order valence-corrected chi connectivity index (χ3v) is 5.32. The van der Waals surface area contributed by atoms with Crippen LogP contribution in [0.15, 0.2) is 29.5 Å². The number of hydrogen-bond acceptors (Lipinski definition) is 3. The molecule has 0 aliphatic carbocycles. The van der Waals surface area contributed by atoms with Crippen LogP contribution in [0.3, 0.4) is 0 Å². The molecule has 27 heavy (non-hydrogen) atoms. The fourth-order valence-electron chi connectivity index (χ4n) is 3.30. The monoisotopic (exact) mass is 398 g/mol. The Hall–Kier alpha value is -2.06. The number of quaternary nitrogens is 1. The number of rotatable bonds is 7. The van der Waals surface area contributed by atoms with E-state index in [-0.39, 0.29) is 11.1 Å². The lowest BCUT2D eigenvalue weighted by Gasteiger charge is -2.37. The molecule has 2 N–H and O–H groups in total. The van der Waals surface area contributed by atoms with Crippen molar-refractivity contribution in [3.8, 4) is 0 Å². The van der Waals surface area contributed by atoms with Crippen LogP contribution in [0.25, 0.3) is 0 Å². The first-order valence-electron chi connectivity index (χ1n) is 9.00. The number of halogens is 2. The number of nitrogens with zero attached hydrogens (tertiary/aromatic N) is 1. The smallest absolute Gasteiger partial charge is 0.337 e. The van der Waals surface area contributed by atoms with E-state index < -0.39 is 23.6 Å². The number of nitrogens with one attached hydrogen (secondary N) is 2. The van der Waals surface area contributed by atoms with Crippen molar-refractivity contribution >= 4 is 23.3 Å². The van der Waals surface area contributed by atoms with Gasteiger partial charge in [-0.15, -0.1) is 0 Å². The van der Waals surface area contributed by atoms with Crippen LogP contribution in [0.1, 0.15) is 32.4 Å². The van der Waals surface area contributed by atoms with Gasteiger partial charge in [-0.25, -0.2) is 13.6 Å². The molecule has 0 fully saturated rings. The van der Waals surface area contributed by atoms with Crippen LogP contribution >= 0.6 is 12.2 Å². The molecule has 0 bridgehead atoms. The highest BCUT2D eigenvalue weighted by Gasteiger charge is 2.37. The molecule has 0 amide bonds. The Morgan fingerprint density at radius 1 is 1.30 bits per heavy atom. The van der Waals surface area contributed by atoms with Gasteiger partial charge in [0.15, 0.2) is 5.11 Å². The van der Waals surface area contributed by atoms with Crippen molar-refractivity contribution in [1.29, 1.82) is 0 Å². The van der Waals surface area contributed by atoms with Crippen molar-refractivity contribution in [2.45, 2.75) is 26.8 Å². The Bertz CT molecular complexity index is 730. The number of likely N-dealkylation sites (N-methyl/N-ethyl adjacent to an activating group) is 1. The molecule has 5 nitrogen and oxygen atoms in total. The predicted molar refractivity (Wildman–Crippen MR) is 103 cm³/mol. The van der Waals surface area contributed by atoms with Crippen molar-refractivity contribution in [1.82, 2.24) is 10.2 Å². The first kappa shape index (κ1) is 21.2. The van der Waals surface area contributed by atoms with Crippen LogP contribution in [-0.2, 0) is 9.53 Å². The zero-order valence-corrected chi connectivity index (χ0v) is 16.9. The summed E-state index contributed by atoms with van der Waals surface area (Å²) < 4.78 is 33.6. The molecular weight excluding hydrogens is 372 g/mol. The molecular formula is C19H26F2N3O2S+. The van der Waals surface area contributed by atoms with Crippen LogP contribution in [0.5, 0.6) is 0 Å². The maximum Gasteiger partial charge on any atom is 0.337 e. The number of methoxy groups -OCH3 is 1. The standard InChI is InChI=1S/C19H25F2N3O2S/c1-5-23(6-2)10-11-24-12(3)15(18(25)26-4)17(22-19(24)27)16-13(20)8-7-9-14(16)21/h7-9,17H,5-6,10-11H2,1-4H3,(H,22,27)/p+1/t17-/m1/s1. The van der Waals surface area contributed by atoms with Crippen molar-refractivity contribution in [3.63, 3.8) is 0 Å². The summed E-state index contributed by atoms with van der Waals surface area (Å²) in [5.74, 6) is -2.13. The van der Waals surface area contributed by atoms with Gasteiger partial charge in [0, 0.05) is 5.70 Å². The molecule has 1 aromatic rings. The molecule has 8 heteroatoms. The van der Waals surface area contributed by atoms with Gasteiger partial charge in [0.2, 0.25) is 0 Å². The molecule has 1 heterocycles. The lowest BCUT2D eigenvalue weighted by molar-refractivity contribution is -0.895. The fraction of sp³-hybridized carbons (Fsp3) is 0.474. The highest BCUT2D eigenvalue weighted by Crippen LogP contribution is 2.33. The van der Waals surface area contributed by atoms with E-state index in [0.717, 1.165) is 31.8 Å². The number of ether oxygens (including phenoxy) is 1. The predicted octanol–water partition coefficient (Wildman–Crippen LogP) is 1.57. The summed E-state index contributed by atoms with van der Waals surface area (Å²) in [5.41, 5.74) is 0.461. The zero-order chi connectivity index (χ0) is 20.1. The van der Waals surface area contributed by atoms with Crippen molar-refractivity contribution < 1.29 is 23.2 Å². The summed E-state index contributed by atoms with van der Waals surface area (Å²) in [4.78, 5) is 15.6. The zero-order valence-electron chi connectivity index (χ0n) is 16.1. The molecule has 148 valence electrons. The highest BCUT2D eigenvalue weighted by atomic mass is 32.1. The minimum Gasteiger partial charge on any atom is -0.466 e. The number of carbonyl (C=O) groups is 1. The molecule has 0 saturated heterocycles. The lowest BCUT2D eigenvalue weighted by Crippen LogP contribution is -3.12. The number of hydrogen-bond donors (Lipinski definition) is 2. The van der Waals surface area contributed by atoms with Crippen molar-refractivity contribution in [3.05, 3.63) is 46.7 Å². The Morgan fingerprint density at radius 3 is 2.41 bits per heavy atom. The van der Waals surface area contributed by atoms with Gasteiger partial charge in [-0.05, 0) is 45.1 Å². The molecule has 1 aliphatic rings. The van der Waals surface area contributed by atoms with E-state index in [9.17, 15) is 13.6 Å². The third kappa shape index (κ3) is 4.44. The molecule has 2 rings (SSSR count). The molecule has 0 saturated carbocycles. The Balaban J connectivity index is 2.47. The number of esters is 1. The van der Waals surface area contributed by atoms with E-state index in [1.165, 1.54) is 18.1 Å². The second kappa shape index (κ2) is 9.23. The van der Waals surface area contributed by atoms with Gasteiger partial charge in [-0.2, -0.15) is 0 Å². The van der Waals surface area contributed by atoms with E-state index in [4.69, 9.17) is 17.0 Å². The Labute approximate surface area is 164 Å². The second-order valence-corrected chi connectivity index (χ2v) is 6.75. The summed E-state index contributed by atoms with van der Waals surface area (Å²) in [6.07, 6.45) is 0. The highest BCUT2D eigenvalue weighted by molar-refractivity contribution is 7.80. The van der Waals surface area contributed by atoms with Crippen LogP contribution < -0.4 is 10.2 Å². The average Bonchev–Trinajstić information content (AvgIpc) is 2.64. The van der Waals surface area contributed by atoms with Gasteiger partial charge in [0.25, 0.3) is 0 Å². The molecule has 0 spiro atoms. The van der Waals surface area contributed by atoms with Gasteiger partial charge in [-0.1, -0.05) is 6.07 Å². The summed E-state index contributed by atoms with van der Waals surface area (Å²) in [5, 5.41) is 3.26. The van der Waals surface area contributed by atoms with Gasteiger partial charge in [0.1, 0.15) is 11.6 Å². The SMILES string of the molecule is CC[NH+](CC)CCN1C(=S)N[C@@H](c2c(F)cccc2F)C(C(=O)OC)=C1C. The van der Waals surface area contributed by atoms with E-state index in [0.29, 0.717) is 17.4 Å². The summed E-state index contributed by atoms with van der Waals surface area (Å²) in [7, 11) is 1.24. The van der Waals surface area contributed by atoms with Crippen molar-refractivity contribution in [2.24, 2.45) is 0 Å². The molecule has 1 aromatic carbocycles. The third-order valence-electron chi connectivity index (χ3n) is 4.98. The summed E-state index contributed by atoms with van der Waals surface area (Å²) in [6.45, 7) is 9.28. The lowest BCUT2D eigenvalue weighted by atomic mass is 9.94. The molecule has 0 radical (unpaired) electrons. The van der Waals surface area contributed by atoms with E-state index >= 15 is 0 Å². The topological polar surface area (TPSA) is 46.0 Å². The molecule has 0 aromatic heterocycles. The second-order valence-electron chi connectivity index (χ2n) is 6.37. The minimum absolute atomic E-state index is 0.157. The van der Waals surface area contributed by atoms with Gasteiger partial charge in [0.05, 0.1) is 50.5 Å². The maximum atomic E-state index is 14.4. The van der Waals surface area contributed by atoms with E-state index in [1.54, 1.807) is 11.8 Å². The van der Waals surface area contributed by atoms with Gasteiger partial charge < -0.3 is 19.9 Å². The van der Waals surface area contributed by atoms with Gasteiger partial charge in [-0.3, -0.25) is 0 Å². The number of carbonyl (C=O) groups excluding carboxylic acids is 1.